The zero-order valence-corrected chi connectivity index (χ0v) is 12.0. The van der Waals surface area contributed by atoms with Crippen LogP contribution in [0.15, 0.2) is 4.99 Å². The van der Waals surface area contributed by atoms with Gasteiger partial charge in [-0.2, -0.15) is 4.99 Å². The number of unbranched alkanes of at least 4 members (excludes halogenated alkanes) is 3. The van der Waals surface area contributed by atoms with Crippen LogP contribution in [0.5, 0.6) is 0 Å². The summed E-state index contributed by atoms with van der Waals surface area (Å²) in [6.07, 6.45) is 2.69. The quantitative estimate of drug-likeness (QED) is 0.670. The zero-order chi connectivity index (χ0) is 14.7. The van der Waals surface area contributed by atoms with Crippen LogP contribution < -0.4 is 4.90 Å². The van der Waals surface area contributed by atoms with E-state index in [4.69, 9.17) is 5.11 Å². The molecule has 0 amide bonds. The molecule has 1 aromatic rings. The van der Waals surface area contributed by atoms with Crippen LogP contribution in [0.2, 0.25) is 0 Å². The number of aliphatic imine (C=N–C) groups is 1. The van der Waals surface area contributed by atoms with Gasteiger partial charge in [0, 0.05) is 20.2 Å². The van der Waals surface area contributed by atoms with E-state index in [0.29, 0.717) is 11.5 Å². The molecule has 2 rings (SSSR count). The lowest BCUT2D eigenvalue weighted by molar-refractivity contribution is 0.179. The average molecular weight is 282 g/mol. The minimum Gasteiger partial charge on any atom is -0.492 e. The second-order valence-corrected chi connectivity index (χ2v) is 5.03. The van der Waals surface area contributed by atoms with Gasteiger partial charge in [-0.1, -0.05) is 12.8 Å². The van der Waals surface area contributed by atoms with Crippen molar-refractivity contribution in [2.45, 2.75) is 45.5 Å². The van der Waals surface area contributed by atoms with Gasteiger partial charge in [0.25, 0.3) is 0 Å². The summed E-state index contributed by atoms with van der Waals surface area (Å²) in [4.78, 5) is 9.72. The molecule has 3 N–H and O–H groups in total. The van der Waals surface area contributed by atoms with Crippen molar-refractivity contribution in [1.82, 2.24) is 9.55 Å². The maximum atomic E-state index is 9.95. The van der Waals surface area contributed by atoms with E-state index in [0.717, 1.165) is 38.1 Å². The molecule has 7 nitrogen and oxygen atoms in total. The van der Waals surface area contributed by atoms with Gasteiger partial charge in [-0.05, 0) is 19.8 Å². The van der Waals surface area contributed by atoms with Crippen molar-refractivity contribution in [3.63, 3.8) is 0 Å². The number of anilines is 1. The first kappa shape index (κ1) is 14.8. The van der Waals surface area contributed by atoms with Crippen molar-refractivity contribution in [2.75, 3.05) is 18.6 Å². The Morgan fingerprint density at radius 2 is 1.90 bits per heavy atom. The lowest BCUT2D eigenvalue weighted by Gasteiger charge is -2.25. The molecule has 1 aliphatic heterocycles. The second kappa shape index (κ2) is 6.23. The summed E-state index contributed by atoms with van der Waals surface area (Å²) in [6.45, 7) is 2.85. The molecule has 0 saturated heterocycles. The van der Waals surface area contributed by atoms with Crippen molar-refractivity contribution in [1.29, 1.82) is 0 Å². The predicted molar refractivity (Wildman–Crippen MR) is 76.1 cm³/mol. The van der Waals surface area contributed by atoms with E-state index >= 15 is 0 Å². The van der Waals surface area contributed by atoms with Crippen LogP contribution in [0.25, 0.3) is 0 Å². The standard InChI is InChI=1S/C13H22N4O3/c1-9-14-11-10(12(19)15-13(20)16(11)2)17(9)7-5-3-4-6-8-18/h13,18,20H,3-8H2,1-2H3,(H,15,19). The summed E-state index contributed by atoms with van der Waals surface area (Å²) in [6, 6.07) is 0. The normalized spacial score (nSPS) is 18.1. The van der Waals surface area contributed by atoms with Crippen molar-refractivity contribution in [2.24, 2.45) is 4.99 Å². The van der Waals surface area contributed by atoms with Gasteiger partial charge in [-0.15, -0.1) is 0 Å². The van der Waals surface area contributed by atoms with Crippen LogP contribution >= 0.6 is 0 Å². The number of aliphatic hydroxyl groups excluding tert-OH is 3. The number of imidazole rings is 1. The fraction of sp³-hybridized carbons (Fsp3) is 0.692. The van der Waals surface area contributed by atoms with Gasteiger partial charge in [0.05, 0.1) is 0 Å². The first-order chi connectivity index (χ1) is 9.56. The van der Waals surface area contributed by atoms with Crippen LogP contribution in [0, 0.1) is 6.92 Å². The molecule has 1 aliphatic rings. The van der Waals surface area contributed by atoms with Crippen LogP contribution in [0.3, 0.4) is 0 Å². The molecule has 0 aromatic carbocycles. The SMILES string of the molecule is Cc1nc2c(n1CCCCCCO)C(O)=NC(O)N2C. The number of fused-ring (bicyclic) bond motifs is 1. The molecule has 112 valence electrons. The Labute approximate surface area is 118 Å². The highest BCUT2D eigenvalue weighted by Gasteiger charge is 2.29. The topological polar surface area (TPSA) is 94.1 Å². The van der Waals surface area contributed by atoms with E-state index in [9.17, 15) is 10.2 Å². The minimum atomic E-state index is -1.09. The lowest BCUT2D eigenvalue weighted by atomic mass is 10.2. The summed E-state index contributed by atoms with van der Waals surface area (Å²) < 4.78 is 1.93. The third kappa shape index (κ3) is 2.78. The van der Waals surface area contributed by atoms with E-state index in [1.54, 1.807) is 7.05 Å². The van der Waals surface area contributed by atoms with E-state index in [1.165, 1.54) is 4.90 Å². The number of hydrogen-bond donors (Lipinski definition) is 3. The summed E-state index contributed by atoms with van der Waals surface area (Å²) in [5.41, 5.74) is 0.567. The molecular formula is C13H22N4O3. The Bertz CT molecular complexity index is 498. The largest absolute Gasteiger partial charge is 0.492 e. The molecule has 0 radical (unpaired) electrons. The summed E-state index contributed by atoms with van der Waals surface area (Å²) in [5, 5.41) is 28.4. The van der Waals surface area contributed by atoms with Gasteiger partial charge in [-0.3, -0.25) is 0 Å². The van der Waals surface area contributed by atoms with Gasteiger partial charge < -0.3 is 24.8 Å². The van der Waals surface area contributed by atoms with Crippen LogP contribution in [0.1, 0.15) is 37.2 Å². The van der Waals surface area contributed by atoms with Crippen LogP contribution in [-0.2, 0) is 6.54 Å². The predicted octanol–water partition coefficient (Wildman–Crippen LogP) is 0.775. The monoisotopic (exact) mass is 282 g/mol. The summed E-state index contributed by atoms with van der Waals surface area (Å²) in [5.74, 6) is 1.18. The van der Waals surface area contributed by atoms with E-state index in [2.05, 4.69) is 9.98 Å². The molecule has 0 bridgehead atoms. The zero-order valence-electron chi connectivity index (χ0n) is 12.0. The van der Waals surface area contributed by atoms with E-state index in [1.807, 2.05) is 11.5 Å². The molecular weight excluding hydrogens is 260 g/mol. The first-order valence-electron chi connectivity index (χ1n) is 6.92. The Morgan fingerprint density at radius 3 is 2.60 bits per heavy atom. The highest BCUT2D eigenvalue weighted by molar-refractivity contribution is 5.97. The van der Waals surface area contributed by atoms with E-state index < -0.39 is 6.35 Å². The maximum absolute atomic E-state index is 9.95. The van der Waals surface area contributed by atoms with Gasteiger partial charge >= 0.3 is 0 Å². The highest BCUT2D eigenvalue weighted by Crippen LogP contribution is 2.26. The molecule has 7 heteroatoms. The number of aromatic nitrogens is 2. The second-order valence-electron chi connectivity index (χ2n) is 5.03. The van der Waals surface area contributed by atoms with Crippen molar-refractivity contribution < 1.29 is 15.3 Å². The Hall–Kier alpha value is -1.60. The number of aliphatic hydroxyl groups is 3. The lowest BCUT2D eigenvalue weighted by Crippen LogP contribution is -2.36. The Balaban J connectivity index is 2.12. The number of rotatable bonds is 6. The van der Waals surface area contributed by atoms with Gasteiger partial charge in [0.15, 0.2) is 5.82 Å². The molecule has 20 heavy (non-hydrogen) atoms. The fourth-order valence-corrected chi connectivity index (χ4v) is 2.39. The smallest absolute Gasteiger partial charge is 0.238 e. The Morgan fingerprint density at radius 1 is 1.20 bits per heavy atom. The summed E-state index contributed by atoms with van der Waals surface area (Å²) >= 11 is 0. The molecule has 0 spiro atoms. The van der Waals surface area contributed by atoms with Crippen molar-refractivity contribution >= 4 is 11.7 Å². The van der Waals surface area contributed by atoms with Crippen molar-refractivity contribution in [3.8, 4) is 0 Å². The highest BCUT2D eigenvalue weighted by atomic mass is 16.3. The van der Waals surface area contributed by atoms with Gasteiger partial charge in [0.1, 0.15) is 11.5 Å². The third-order valence-corrected chi connectivity index (χ3v) is 3.56. The molecule has 0 aliphatic carbocycles. The number of nitrogens with zero attached hydrogens (tertiary/aromatic N) is 4. The van der Waals surface area contributed by atoms with Gasteiger partial charge in [0.2, 0.25) is 12.2 Å². The first-order valence-corrected chi connectivity index (χ1v) is 6.92. The molecule has 1 atom stereocenters. The average Bonchev–Trinajstić information content (AvgIpc) is 2.74. The maximum Gasteiger partial charge on any atom is 0.238 e. The molecule has 2 heterocycles. The van der Waals surface area contributed by atoms with E-state index in [-0.39, 0.29) is 12.5 Å². The van der Waals surface area contributed by atoms with Crippen molar-refractivity contribution in [3.05, 3.63) is 11.5 Å². The number of hydrogen-bond acceptors (Lipinski definition) is 5. The molecule has 1 unspecified atom stereocenters. The molecule has 1 aromatic heterocycles. The third-order valence-electron chi connectivity index (χ3n) is 3.56. The summed E-state index contributed by atoms with van der Waals surface area (Å²) in [7, 11) is 1.69. The fourth-order valence-electron chi connectivity index (χ4n) is 2.39. The van der Waals surface area contributed by atoms with Crippen LogP contribution in [0.4, 0.5) is 5.82 Å². The minimum absolute atomic E-state index is 0.165. The Kier molecular flexibility index (Phi) is 4.61. The molecule has 0 fully saturated rings. The molecule has 0 saturated carbocycles. The van der Waals surface area contributed by atoms with Gasteiger partial charge in [-0.25, -0.2) is 4.98 Å². The number of aryl methyl sites for hydroxylation is 1. The van der Waals surface area contributed by atoms with Crippen LogP contribution in [-0.4, -0.2) is 50.8 Å².